The molecule has 2 fully saturated rings. The van der Waals surface area contributed by atoms with Crippen molar-refractivity contribution in [1.29, 1.82) is 0 Å². The van der Waals surface area contributed by atoms with Crippen LogP contribution in [0.1, 0.15) is 48.7 Å². The van der Waals surface area contributed by atoms with Crippen molar-refractivity contribution in [2.45, 2.75) is 32.7 Å². The van der Waals surface area contributed by atoms with Gasteiger partial charge < -0.3 is 15.1 Å². The van der Waals surface area contributed by atoms with E-state index in [1.165, 1.54) is 6.42 Å². The lowest BCUT2D eigenvalue weighted by Gasteiger charge is -2.38. The van der Waals surface area contributed by atoms with Crippen LogP contribution in [-0.4, -0.2) is 78.2 Å². The standard InChI is InChI=1S/C29H38N4O3/c1-22-17-23(2)20-33(19-22)28(35)21-31-13-15-32(16-14-31)27(34)18-26(24-9-5-3-6-10-24)30-29(36)25-11-7-4-8-12-25/h3-12,22-23,26H,13-21H2,1-2H3,(H,30,36). The van der Waals surface area contributed by atoms with Crippen LogP contribution in [0, 0.1) is 11.8 Å². The molecule has 2 aliphatic rings. The lowest BCUT2D eigenvalue weighted by molar-refractivity contribution is -0.137. The minimum atomic E-state index is -0.408. The van der Waals surface area contributed by atoms with E-state index in [1.807, 2.05) is 58.3 Å². The number of amides is 3. The number of benzene rings is 2. The van der Waals surface area contributed by atoms with Crippen LogP contribution in [0.25, 0.3) is 0 Å². The molecule has 2 aliphatic heterocycles. The fourth-order valence-electron chi connectivity index (χ4n) is 5.39. The van der Waals surface area contributed by atoms with E-state index in [1.54, 1.807) is 12.1 Å². The van der Waals surface area contributed by atoms with Gasteiger partial charge in [0.1, 0.15) is 0 Å². The largest absolute Gasteiger partial charge is 0.345 e. The normalized spacial score (nSPS) is 21.6. The number of piperidine rings is 1. The summed E-state index contributed by atoms with van der Waals surface area (Å²) in [5.74, 6) is 1.11. The summed E-state index contributed by atoms with van der Waals surface area (Å²) in [5, 5.41) is 3.05. The number of carbonyl (C=O) groups excluding carboxylic acids is 3. The first kappa shape index (κ1) is 25.9. The molecule has 3 amide bonds. The van der Waals surface area contributed by atoms with Crippen molar-refractivity contribution < 1.29 is 14.4 Å². The average Bonchev–Trinajstić information content (AvgIpc) is 2.89. The zero-order valence-electron chi connectivity index (χ0n) is 21.4. The third kappa shape index (κ3) is 6.94. The first-order valence-electron chi connectivity index (χ1n) is 13.1. The minimum absolute atomic E-state index is 0.0156. The first-order chi connectivity index (χ1) is 17.4. The van der Waals surface area contributed by atoms with E-state index < -0.39 is 6.04 Å². The van der Waals surface area contributed by atoms with E-state index >= 15 is 0 Å². The summed E-state index contributed by atoms with van der Waals surface area (Å²) in [6, 6.07) is 18.3. The quantitative estimate of drug-likeness (QED) is 0.647. The van der Waals surface area contributed by atoms with E-state index in [9.17, 15) is 14.4 Å². The maximum absolute atomic E-state index is 13.2. The molecule has 3 unspecified atom stereocenters. The topological polar surface area (TPSA) is 73.0 Å². The van der Waals surface area contributed by atoms with Gasteiger partial charge in [-0.2, -0.15) is 0 Å². The van der Waals surface area contributed by atoms with Gasteiger partial charge in [0.2, 0.25) is 11.8 Å². The van der Waals surface area contributed by atoms with Gasteiger partial charge in [-0.05, 0) is 36.0 Å². The molecule has 3 atom stereocenters. The zero-order valence-corrected chi connectivity index (χ0v) is 21.4. The lowest BCUT2D eigenvalue weighted by Crippen LogP contribution is -2.53. The monoisotopic (exact) mass is 490 g/mol. The van der Waals surface area contributed by atoms with Gasteiger partial charge in [0, 0.05) is 44.8 Å². The van der Waals surface area contributed by atoms with Crippen LogP contribution in [0.4, 0.5) is 0 Å². The SMILES string of the molecule is CC1CC(C)CN(C(=O)CN2CCN(C(=O)CC(NC(=O)c3ccccc3)c3ccccc3)CC2)C1. The predicted octanol–water partition coefficient (Wildman–Crippen LogP) is 3.20. The molecule has 2 aromatic rings. The number of nitrogens with one attached hydrogen (secondary N) is 1. The molecule has 4 rings (SSSR count). The smallest absolute Gasteiger partial charge is 0.251 e. The van der Waals surface area contributed by atoms with Crippen molar-refractivity contribution in [3.8, 4) is 0 Å². The lowest BCUT2D eigenvalue weighted by atomic mass is 9.92. The van der Waals surface area contributed by atoms with Crippen LogP contribution in [0.2, 0.25) is 0 Å². The van der Waals surface area contributed by atoms with Crippen molar-refractivity contribution in [3.63, 3.8) is 0 Å². The second kappa shape index (κ2) is 12.2. The molecule has 1 N–H and O–H groups in total. The Bertz CT molecular complexity index is 1010. The Morgan fingerprint density at radius 1 is 0.806 bits per heavy atom. The fourth-order valence-corrected chi connectivity index (χ4v) is 5.39. The highest BCUT2D eigenvalue weighted by molar-refractivity contribution is 5.94. The highest BCUT2D eigenvalue weighted by Gasteiger charge is 2.29. The summed E-state index contributed by atoms with van der Waals surface area (Å²) in [6.07, 6.45) is 1.38. The molecule has 2 heterocycles. The molecule has 2 saturated heterocycles. The highest BCUT2D eigenvalue weighted by atomic mass is 16.2. The predicted molar refractivity (Wildman–Crippen MR) is 140 cm³/mol. The molecule has 192 valence electrons. The molecule has 0 radical (unpaired) electrons. The average molecular weight is 491 g/mol. The van der Waals surface area contributed by atoms with E-state index in [-0.39, 0.29) is 24.1 Å². The van der Waals surface area contributed by atoms with Gasteiger partial charge in [-0.15, -0.1) is 0 Å². The van der Waals surface area contributed by atoms with E-state index in [0.29, 0.717) is 50.1 Å². The number of piperazine rings is 1. The summed E-state index contributed by atoms with van der Waals surface area (Å²) in [6.45, 7) is 9.08. The molecular weight excluding hydrogens is 452 g/mol. The second-order valence-electron chi connectivity index (χ2n) is 10.4. The molecule has 0 saturated carbocycles. The maximum Gasteiger partial charge on any atom is 0.251 e. The third-order valence-electron chi connectivity index (χ3n) is 7.23. The Hall–Kier alpha value is -3.19. The number of nitrogens with zero attached hydrogens (tertiary/aromatic N) is 3. The maximum atomic E-state index is 13.2. The number of rotatable bonds is 7. The van der Waals surface area contributed by atoms with Gasteiger partial charge in [-0.3, -0.25) is 19.3 Å². The van der Waals surface area contributed by atoms with Gasteiger partial charge in [0.05, 0.1) is 19.0 Å². The summed E-state index contributed by atoms with van der Waals surface area (Å²) < 4.78 is 0. The van der Waals surface area contributed by atoms with Crippen LogP contribution >= 0.6 is 0 Å². The minimum Gasteiger partial charge on any atom is -0.345 e. The Balaban J connectivity index is 1.31. The molecular formula is C29H38N4O3. The van der Waals surface area contributed by atoms with Crippen molar-refractivity contribution in [1.82, 2.24) is 20.0 Å². The highest BCUT2D eigenvalue weighted by Crippen LogP contribution is 2.22. The van der Waals surface area contributed by atoms with Crippen molar-refractivity contribution in [2.24, 2.45) is 11.8 Å². The molecule has 36 heavy (non-hydrogen) atoms. The summed E-state index contributed by atoms with van der Waals surface area (Å²) in [4.78, 5) is 44.9. The molecule has 0 bridgehead atoms. The molecule has 7 nitrogen and oxygen atoms in total. The van der Waals surface area contributed by atoms with Gasteiger partial charge in [-0.25, -0.2) is 0 Å². The summed E-state index contributed by atoms with van der Waals surface area (Å²) in [7, 11) is 0. The third-order valence-corrected chi connectivity index (χ3v) is 7.23. The number of hydrogen-bond acceptors (Lipinski definition) is 4. The van der Waals surface area contributed by atoms with Crippen LogP contribution < -0.4 is 5.32 Å². The van der Waals surface area contributed by atoms with Crippen LogP contribution in [-0.2, 0) is 9.59 Å². The van der Waals surface area contributed by atoms with Crippen molar-refractivity contribution in [3.05, 3.63) is 71.8 Å². The summed E-state index contributed by atoms with van der Waals surface area (Å²) in [5.41, 5.74) is 1.48. The molecule has 0 aromatic heterocycles. The van der Waals surface area contributed by atoms with Gasteiger partial charge >= 0.3 is 0 Å². The zero-order chi connectivity index (χ0) is 25.5. The van der Waals surface area contributed by atoms with Gasteiger partial charge in [0.15, 0.2) is 0 Å². The van der Waals surface area contributed by atoms with E-state index in [2.05, 4.69) is 24.1 Å². The molecule has 0 aliphatic carbocycles. The molecule has 7 heteroatoms. The number of hydrogen-bond donors (Lipinski definition) is 1. The first-order valence-corrected chi connectivity index (χ1v) is 13.1. The van der Waals surface area contributed by atoms with Gasteiger partial charge in [0.25, 0.3) is 5.91 Å². The molecule has 0 spiro atoms. The van der Waals surface area contributed by atoms with Gasteiger partial charge in [-0.1, -0.05) is 62.4 Å². The Kier molecular flexibility index (Phi) is 8.75. The van der Waals surface area contributed by atoms with Crippen LogP contribution in [0.3, 0.4) is 0 Å². The number of carbonyl (C=O) groups is 3. The molecule has 2 aromatic carbocycles. The van der Waals surface area contributed by atoms with E-state index in [4.69, 9.17) is 0 Å². The van der Waals surface area contributed by atoms with Crippen LogP contribution in [0.5, 0.6) is 0 Å². The van der Waals surface area contributed by atoms with Crippen molar-refractivity contribution in [2.75, 3.05) is 45.8 Å². The van der Waals surface area contributed by atoms with E-state index in [0.717, 1.165) is 18.7 Å². The number of likely N-dealkylation sites (tertiary alicyclic amines) is 1. The summed E-state index contributed by atoms with van der Waals surface area (Å²) >= 11 is 0. The fraction of sp³-hybridized carbons (Fsp3) is 0.483. The van der Waals surface area contributed by atoms with Crippen molar-refractivity contribution >= 4 is 17.7 Å². The Morgan fingerprint density at radius 2 is 1.39 bits per heavy atom. The Morgan fingerprint density at radius 3 is 2.00 bits per heavy atom. The second-order valence-corrected chi connectivity index (χ2v) is 10.4. The van der Waals surface area contributed by atoms with Crippen LogP contribution in [0.15, 0.2) is 60.7 Å². The Labute approximate surface area is 214 Å².